The first-order valence-electron chi connectivity index (χ1n) is 11.5. The molecule has 1 unspecified atom stereocenters. The van der Waals surface area contributed by atoms with Crippen LogP contribution in [-0.2, 0) is 21.0 Å². The highest BCUT2D eigenvalue weighted by Crippen LogP contribution is 2.33. The molecule has 3 atom stereocenters. The first kappa shape index (κ1) is 23.5. The molecule has 170 valence electrons. The number of rotatable bonds is 7. The largest absolute Gasteiger partial charge is 0.369 e. The SMILES string of the molecule is CC(C)S(=O)(=O)CC1CCC(CCc2ccc(N3C[C@H](C)O[C@H](C)C3F)cc2)CC1. The maximum absolute atomic E-state index is 14.5. The summed E-state index contributed by atoms with van der Waals surface area (Å²) in [5, 5.41) is -0.269. The summed E-state index contributed by atoms with van der Waals surface area (Å²) in [4.78, 5) is 1.80. The Bertz CT molecular complexity index is 772. The van der Waals surface area contributed by atoms with E-state index in [4.69, 9.17) is 4.74 Å². The van der Waals surface area contributed by atoms with Gasteiger partial charge in [-0.25, -0.2) is 12.8 Å². The smallest absolute Gasteiger partial charge is 0.198 e. The van der Waals surface area contributed by atoms with Gasteiger partial charge < -0.3 is 9.64 Å². The second kappa shape index (κ2) is 9.99. The normalized spacial score (nSPS) is 30.6. The minimum atomic E-state index is -2.93. The molecule has 1 aromatic carbocycles. The van der Waals surface area contributed by atoms with Crippen molar-refractivity contribution in [2.45, 2.75) is 90.0 Å². The van der Waals surface area contributed by atoms with E-state index >= 15 is 0 Å². The lowest BCUT2D eigenvalue weighted by Crippen LogP contribution is -2.51. The number of benzene rings is 1. The highest BCUT2D eigenvalue weighted by atomic mass is 32.2. The van der Waals surface area contributed by atoms with E-state index < -0.39 is 22.2 Å². The Labute approximate surface area is 182 Å². The number of ether oxygens (including phenoxy) is 1. The average Bonchev–Trinajstić information content (AvgIpc) is 2.70. The molecule has 1 aliphatic heterocycles. The highest BCUT2D eigenvalue weighted by Gasteiger charge is 2.33. The summed E-state index contributed by atoms with van der Waals surface area (Å²) >= 11 is 0. The molecule has 2 fully saturated rings. The van der Waals surface area contributed by atoms with Crippen molar-refractivity contribution in [3.05, 3.63) is 29.8 Å². The number of hydrogen-bond acceptors (Lipinski definition) is 4. The molecule has 2 aliphatic rings. The van der Waals surface area contributed by atoms with Crippen LogP contribution in [0.3, 0.4) is 0 Å². The van der Waals surface area contributed by atoms with Crippen molar-refractivity contribution in [3.8, 4) is 0 Å². The van der Waals surface area contributed by atoms with Crippen LogP contribution in [-0.4, -0.2) is 44.5 Å². The molecule has 30 heavy (non-hydrogen) atoms. The fraction of sp³-hybridized carbons (Fsp3) is 0.750. The molecule has 0 spiro atoms. The zero-order valence-electron chi connectivity index (χ0n) is 18.9. The van der Waals surface area contributed by atoms with Crippen molar-refractivity contribution in [2.24, 2.45) is 11.8 Å². The Morgan fingerprint density at radius 2 is 1.67 bits per heavy atom. The standard InChI is InChI=1S/C24H38FNO3S/c1-17(2)30(27,28)16-22-9-7-20(8-10-22)5-6-21-11-13-23(14-12-21)26-15-18(3)29-19(4)24(26)25/h11-14,17-20,22,24H,5-10,15-16H2,1-4H3/t18-,19+,20?,22?,24?/m0/s1. The summed E-state index contributed by atoms with van der Waals surface area (Å²) in [6.07, 6.45) is 4.97. The summed E-state index contributed by atoms with van der Waals surface area (Å²) < 4.78 is 44.4. The molecule has 0 N–H and O–H groups in total. The predicted molar refractivity (Wildman–Crippen MR) is 121 cm³/mol. The molecule has 0 amide bonds. The van der Waals surface area contributed by atoms with Gasteiger partial charge in [-0.05, 0) is 82.9 Å². The maximum atomic E-state index is 14.5. The number of anilines is 1. The second-order valence-corrected chi connectivity index (χ2v) is 12.2. The van der Waals surface area contributed by atoms with E-state index in [9.17, 15) is 12.8 Å². The second-order valence-electron chi connectivity index (χ2n) is 9.65. The van der Waals surface area contributed by atoms with E-state index in [1.54, 1.807) is 25.7 Å². The number of alkyl halides is 1. The summed E-state index contributed by atoms with van der Waals surface area (Å²) in [7, 11) is -2.93. The number of nitrogens with zero attached hydrogens (tertiary/aromatic N) is 1. The third-order valence-corrected chi connectivity index (χ3v) is 9.22. The topological polar surface area (TPSA) is 46.6 Å². The minimum Gasteiger partial charge on any atom is -0.369 e. The maximum Gasteiger partial charge on any atom is 0.198 e. The van der Waals surface area contributed by atoms with E-state index in [0.717, 1.165) is 44.2 Å². The first-order valence-corrected chi connectivity index (χ1v) is 13.2. The number of aryl methyl sites for hydroxylation is 1. The van der Waals surface area contributed by atoms with Crippen LogP contribution in [0.25, 0.3) is 0 Å². The highest BCUT2D eigenvalue weighted by molar-refractivity contribution is 7.91. The van der Waals surface area contributed by atoms with Crippen molar-refractivity contribution in [1.82, 2.24) is 0 Å². The minimum absolute atomic E-state index is 0.0253. The molecule has 0 radical (unpaired) electrons. The number of morpholine rings is 1. The van der Waals surface area contributed by atoms with E-state index in [2.05, 4.69) is 12.1 Å². The summed E-state index contributed by atoms with van der Waals surface area (Å²) in [5.41, 5.74) is 2.20. The lowest BCUT2D eigenvalue weighted by molar-refractivity contribution is -0.0614. The summed E-state index contributed by atoms with van der Waals surface area (Å²) in [6.45, 7) is 7.90. The molecule has 1 saturated heterocycles. The number of hydrogen-bond donors (Lipinski definition) is 0. The fourth-order valence-corrected chi connectivity index (χ4v) is 6.16. The van der Waals surface area contributed by atoms with Gasteiger partial charge in [-0.2, -0.15) is 0 Å². The van der Waals surface area contributed by atoms with Crippen LogP contribution in [0.15, 0.2) is 24.3 Å². The van der Waals surface area contributed by atoms with E-state index in [-0.39, 0.29) is 11.4 Å². The Kier molecular flexibility index (Phi) is 7.83. The van der Waals surface area contributed by atoms with Crippen LogP contribution in [0, 0.1) is 11.8 Å². The van der Waals surface area contributed by atoms with Gasteiger partial charge in [0.1, 0.15) is 6.10 Å². The van der Waals surface area contributed by atoms with Gasteiger partial charge >= 0.3 is 0 Å². The summed E-state index contributed by atoms with van der Waals surface area (Å²) in [5.74, 6) is 1.37. The number of halogens is 1. The number of sulfone groups is 1. The monoisotopic (exact) mass is 439 g/mol. The molecule has 1 aliphatic carbocycles. The van der Waals surface area contributed by atoms with Crippen LogP contribution in [0.1, 0.15) is 65.4 Å². The molecule has 6 heteroatoms. The van der Waals surface area contributed by atoms with Crippen molar-refractivity contribution in [3.63, 3.8) is 0 Å². The van der Waals surface area contributed by atoms with Gasteiger partial charge in [0.05, 0.1) is 17.1 Å². The fourth-order valence-electron chi connectivity index (χ4n) is 4.79. The molecule has 3 rings (SSSR count). The quantitative estimate of drug-likeness (QED) is 0.551. The van der Waals surface area contributed by atoms with Gasteiger partial charge in [0, 0.05) is 12.2 Å². The van der Waals surface area contributed by atoms with Crippen molar-refractivity contribution < 1.29 is 17.5 Å². The molecule has 0 bridgehead atoms. The van der Waals surface area contributed by atoms with Crippen molar-refractivity contribution >= 4 is 15.5 Å². The van der Waals surface area contributed by atoms with Crippen LogP contribution in [0.2, 0.25) is 0 Å². The van der Waals surface area contributed by atoms with Gasteiger partial charge in [-0.3, -0.25) is 0 Å². The van der Waals surface area contributed by atoms with Crippen molar-refractivity contribution in [1.29, 1.82) is 0 Å². The van der Waals surface area contributed by atoms with E-state index in [0.29, 0.717) is 24.1 Å². The third kappa shape index (κ3) is 5.97. The summed E-state index contributed by atoms with van der Waals surface area (Å²) in [6, 6.07) is 8.29. The molecule has 4 nitrogen and oxygen atoms in total. The van der Waals surface area contributed by atoms with Gasteiger partial charge in [-0.1, -0.05) is 25.0 Å². The van der Waals surface area contributed by atoms with Crippen LogP contribution in [0.4, 0.5) is 10.1 Å². The van der Waals surface area contributed by atoms with Crippen LogP contribution < -0.4 is 4.90 Å². The zero-order valence-corrected chi connectivity index (χ0v) is 19.7. The molecular weight excluding hydrogens is 401 g/mol. The van der Waals surface area contributed by atoms with Crippen LogP contribution in [0.5, 0.6) is 0 Å². The Morgan fingerprint density at radius 1 is 1.07 bits per heavy atom. The Hall–Kier alpha value is -1.14. The van der Waals surface area contributed by atoms with Gasteiger partial charge in [-0.15, -0.1) is 0 Å². The first-order chi connectivity index (χ1) is 14.2. The van der Waals surface area contributed by atoms with Crippen LogP contribution >= 0.6 is 0 Å². The molecular formula is C24H38FNO3S. The third-order valence-electron chi connectivity index (χ3n) is 6.85. The Balaban J connectivity index is 1.46. The lowest BCUT2D eigenvalue weighted by Gasteiger charge is -2.39. The van der Waals surface area contributed by atoms with Gasteiger partial charge in [0.15, 0.2) is 16.1 Å². The van der Waals surface area contributed by atoms with E-state index in [1.165, 1.54) is 5.56 Å². The molecule has 0 aromatic heterocycles. The van der Waals surface area contributed by atoms with Gasteiger partial charge in [0.2, 0.25) is 0 Å². The zero-order chi connectivity index (χ0) is 21.9. The van der Waals surface area contributed by atoms with E-state index in [1.807, 2.05) is 19.1 Å². The molecule has 1 heterocycles. The van der Waals surface area contributed by atoms with Crippen molar-refractivity contribution in [2.75, 3.05) is 17.2 Å². The Morgan fingerprint density at radius 3 is 2.27 bits per heavy atom. The average molecular weight is 440 g/mol. The molecule has 1 saturated carbocycles. The predicted octanol–water partition coefficient (Wildman–Crippen LogP) is 5.16. The van der Waals surface area contributed by atoms with Gasteiger partial charge in [0.25, 0.3) is 0 Å². The lowest BCUT2D eigenvalue weighted by atomic mass is 9.80. The molecule has 1 aromatic rings.